The average Bonchev–Trinajstić information content (AvgIpc) is 3.19. The Hall–Kier alpha value is -2.98. The number of amides is 1. The van der Waals surface area contributed by atoms with E-state index < -0.39 is 22.0 Å². The lowest BCUT2D eigenvalue weighted by molar-refractivity contribution is -0.117. The molecule has 0 unspecified atom stereocenters. The molecule has 2 aromatic carbocycles. The van der Waals surface area contributed by atoms with Crippen LogP contribution in [0.15, 0.2) is 48.5 Å². The summed E-state index contributed by atoms with van der Waals surface area (Å²) in [6.07, 6.45) is 1.38. The molecule has 3 aromatic rings. The van der Waals surface area contributed by atoms with Crippen LogP contribution in [0, 0.1) is 6.92 Å². The normalized spacial score (nSPS) is 12.3. The highest BCUT2D eigenvalue weighted by atomic mass is 32.2. The minimum Gasteiger partial charge on any atom is -0.497 e. The number of nitrogens with one attached hydrogen (secondary N) is 1. The van der Waals surface area contributed by atoms with E-state index in [1.54, 1.807) is 32.2 Å². The number of ether oxygens (including phenoxy) is 1. The summed E-state index contributed by atoms with van der Waals surface area (Å²) in [5.41, 5.74) is 2.18. The average molecular weight is 461 g/mol. The highest BCUT2D eigenvalue weighted by Gasteiger charge is 2.32. The molecule has 0 aliphatic heterocycles. The zero-order chi connectivity index (χ0) is 22.6. The van der Waals surface area contributed by atoms with Crippen LogP contribution in [-0.4, -0.2) is 43.9 Å². The SMILES string of the molecule is CC[C@@H](C(=O)Nc1nnc(-c2ccc(OC)cc2)s1)N(c1cccc(C)c1)S(C)(=O)=O. The quantitative estimate of drug-likeness (QED) is 0.550. The van der Waals surface area contributed by atoms with Gasteiger partial charge in [-0.2, -0.15) is 0 Å². The zero-order valence-corrected chi connectivity index (χ0v) is 19.3. The third-order valence-electron chi connectivity index (χ3n) is 4.58. The van der Waals surface area contributed by atoms with Gasteiger partial charge in [0.15, 0.2) is 0 Å². The van der Waals surface area contributed by atoms with Gasteiger partial charge in [0.05, 0.1) is 19.1 Å². The zero-order valence-electron chi connectivity index (χ0n) is 17.7. The first-order chi connectivity index (χ1) is 14.7. The van der Waals surface area contributed by atoms with Crippen molar-refractivity contribution in [2.24, 2.45) is 0 Å². The van der Waals surface area contributed by atoms with Gasteiger partial charge in [0.25, 0.3) is 0 Å². The number of rotatable bonds is 8. The van der Waals surface area contributed by atoms with Crippen molar-refractivity contribution in [1.29, 1.82) is 0 Å². The summed E-state index contributed by atoms with van der Waals surface area (Å²) in [5, 5.41) is 11.8. The molecular formula is C21H24N4O4S2. The van der Waals surface area contributed by atoms with E-state index in [0.717, 1.165) is 27.4 Å². The van der Waals surface area contributed by atoms with Gasteiger partial charge in [-0.05, 0) is 55.3 Å². The van der Waals surface area contributed by atoms with E-state index in [4.69, 9.17) is 4.74 Å². The van der Waals surface area contributed by atoms with Gasteiger partial charge in [0.2, 0.25) is 21.1 Å². The molecule has 0 saturated heterocycles. The summed E-state index contributed by atoms with van der Waals surface area (Å²) >= 11 is 1.21. The molecule has 0 aliphatic rings. The molecule has 1 N–H and O–H groups in total. The maximum atomic E-state index is 13.0. The van der Waals surface area contributed by atoms with Crippen molar-refractivity contribution in [1.82, 2.24) is 10.2 Å². The van der Waals surface area contributed by atoms with E-state index in [2.05, 4.69) is 15.5 Å². The summed E-state index contributed by atoms with van der Waals surface area (Å²) in [5.74, 6) is 0.261. The Morgan fingerprint density at radius 3 is 2.48 bits per heavy atom. The molecule has 10 heteroatoms. The molecule has 1 heterocycles. The Labute approximate surface area is 185 Å². The molecule has 0 spiro atoms. The van der Waals surface area contributed by atoms with Crippen molar-refractivity contribution < 1.29 is 17.9 Å². The van der Waals surface area contributed by atoms with Crippen LogP contribution >= 0.6 is 11.3 Å². The molecular weight excluding hydrogens is 436 g/mol. The number of carbonyl (C=O) groups excluding carboxylic acids is 1. The molecule has 164 valence electrons. The first-order valence-electron chi connectivity index (χ1n) is 9.57. The smallest absolute Gasteiger partial charge is 0.250 e. The highest BCUT2D eigenvalue weighted by molar-refractivity contribution is 7.92. The Morgan fingerprint density at radius 1 is 1.19 bits per heavy atom. The van der Waals surface area contributed by atoms with Crippen LogP contribution in [-0.2, 0) is 14.8 Å². The maximum absolute atomic E-state index is 13.0. The van der Waals surface area contributed by atoms with Crippen LogP contribution in [0.25, 0.3) is 10.6 Å². The molecule has 0 radical (unpaired) electrons. The fraction of sp³-hybridized carbons (Fsp3) is 0.286. The number of anilines is 2. The van der Waals surface area contributed by atoms with Gasteiger partial charge in [0, 0.05) is 5.56 Å². The first-order valence-corrected chi connectivity index (χ1v) is 12.2. The molecule has 0 bridgehead atoms. The molecule has 3 rings (SSSR count). The first kappa shape index (κ1) is 22.7. The summed E-state index contributed by atoms with van der Waals surface area (Å²) in [6.45, 7) is 3.63. The second-order valence-corrected chi connectivity index (χ2v) is 9.79. The van der Waals surface area contributed by atoms with E-state index in [9.17, 15) is 13.2 Å². The van der Waals surface area contributed by atoms with Gasteiger partial charge in [-0.3, -0.25) is 14.4 Å². The van der Waals surface area contributed by atoms with E-state index in [1.807, 2.05) is 37.3 Å². The minimum absolute atomic E-state index is 0.289. The topological polar surface area (TPSA) is 101 Å². The lowest BCUT2D eigenvalue weighted by Crippen LogP contribution is -2.47. The number of aryl methyl sites for hydroxylation is 1. The largest absolute Gasteiger partial charge is 0.497 e. The van der Waals surface area contributed by atoms with Crippen LogP contribution in [0.2, 0.25) is 0 Å². The third kappa shape index (κ3) is 5.39. The Kier molecular flexibility index (Phi) is 6.91. The monoisotopic (exact) mass is 460 g/mol. The number of methoxy groups -OCH3 is 1. The van der Waals surface area contributed by atoms with Gasteiger partial charge in [-0.1, -0.05) is 30.4 Å². The maximum Gasteiger partial charge on any atom is 0.250 e. The molecule has 8 nitrogen and oxygen atoms in total. The molecule has 1 atom stereocenters. The summed E-state index contributed by atoms with van der Waals surface area (Å²) in [6, 6.07) is 13.4. The van der Waals surface area contributed by atoms with Gasteiger partial charge >= 0.3 is 0 Å². The molecule has 0 aliphatic carbocycles. The van der Waals surface area contributed by atoms with Crippen molar-refractivity contribution in [3.63, 3.8) is 0 Å². The van der Waals surface area contributed by atoms with Crippen molar-refractivity contribution in [3.8, 4) is 16.3 Å². The fourth-order valence-corrected chi connectivity index (χ4v) is 5.09. The minimum atomic E-state index is -3.70. The summed E-state index contributed by atoms with van der Waals surface area (Å²) in [4.78, 5) is 13.0. The molecule has 0 saturated carbocycles. The van der Waals surface area contributed by atoms with E-state index in [-0.39, 0.29) is 6.42 Å². The van der Waals surface area contributed by atoms with Gasteiger partial charge < -0.3 is 4.74 Å². The Balaban J connectivity index is 1.84. The number of sulfonamides is 1. The highest BCUT2D eigenvalue weighted by Crippen LogP contribution is 2.29. The number of aromatic nitrogens is 2. The predicted molar refractivity (Wildman–Crippen MR) is 123 cm³/mol. The van der Waals surface area contributed by atoms with E-state index >= 15 is 0 Å². The Bertz CT molecular complexity index is 1160. The van der Waals surface area contributed by atoms with Crippen LogP contribution < -0.4 is 14.4 Å². The summed E-state index contributed by atoms with van der Waals surface area (Å²) in [7, 11) is -2.11. The molecule has 0 fully saturated rings. The number of carbonyl (C=O) groups is 1. The van der Waals surface area contributed by atoms with Crippen LogP contribution in [0.4, 0.5) is 10.8 Å². The van der Waals surface area contributed by atoms with Crippen LogP contribution in [0.1, 0.15) is 18.9 Å². The van der Waals surface area contributed by atoms with E-state index in [0.29, 0.717) is 15.8 Å². The van der Waals surface area contributed by atoms with Gasteiger partial charge in [-0.25, -0.2) is 8.42 Å². The molecule has 31 heavy (non-hydrogen) atoms. The summed E-state index contributed by atoms with van der Waals surface area (Å²) < 4.78 is 31.4. The van der Waals surface area contributed by atoms with Crippen LogP contribution in [0.5, 0.6) is 5.75 Å². The van der Waals surface area contributed by atoms with Crippen molar-refractivity contribution >= 4 is 38.1 Å². The molecule has 1 aromatic heterocycles. The second-order valence-electron chi connectivity index (χ2n) is 6.95. The number of nitrogens with zero attached hydrogens (tertiary/aromatic N) is 3. The van der Waals surface area contributed by atoms with Crippen molar-refractivity contribution in [2.75, 3.05) is 23.0 Å². The van der Waals surface area contributed by atoms with Gasteiger partial charge in [0.1, 0.15) is 16.8 Å². The van der Waals surface area contributed by atoms with Crippen LogP contribution in [0.3, 0.4) is 0 Å². The fourth-order valence-electron chi connectivity index (χ4n) is 3.14. The number of hydrogen-bond donors (Lipinski definition) is 1. The van der Waals surface area contributed by atoms with E-state index in [1.165, 1.54) is 11.3 Å². The third-order valence-corrected chi connectivity index (χ3v) is 6.65. The Morgan fingerprint density at radius 2 is 1.90 bits per heavy atom. The second kappa shape index (κ2) is 9.44. The molecule has 1 amide bonds. The number of benzene rings is 2. The lowest BCUT2D eigenvalue weighted by Gasteiger charge is -2.30. The number of hydrogen-bond acceptors (Lipinski definition) is 7. The van der Waals surface area contributed by atoms with Gasteiger partial charge in [-0.15, -0.1) is 10.2 Å². The standard InChI is InChI=1S/C21H24N4O4S2/c1-5-18(25(31(4,27)28)16-8-6-7-14(2)13-16)19(26)22-21-24-23-20(30-21)15-9-11-17(29-3)12-10-15/h6-13,18H,5H2,1-4H3,(H,22,24,26)/t18-/m0/s1. The lowest BCUT2D eigenvalue weighted by atomic mass is 10.1. The predicted octanol–water partition coefficient (Wildman–Crippen LogP) is 3.71. The van der Waals surface area contributed by atoms with Crippen molar-refractivity contribution in [3.05, 3.63) is 54.1 Å². The van der Waals surface area contributed by atoms with Crippen molar-refractivity contribution in [2.45, 2.75) is 26.3 Å².